The third-order valence-electron chi connectivity index (χ3n) is 4.88. The first-order valence-electron chi connectivity index (χ1n) is 8.59. The zero-order valence-corrected chi connectivity index (χ0v) is 14.2. The maximum atomic E-state index is 12.3. The highest BCUT2D eigenvalue weighted by molar-refractivity contribution is 5.98. The van der Waals surface area contributed by atoms with Gasteiger partial charge in [0.1, 0.15) is 0 Å². The van der Waals surface area contributed by atoms with E-state index >= 15 is 0 Å². The van der Waals surface area contributed by atoms with Crippen LogP contribution in [0.25, 0.3) is 0 Å². The van der Waals surface area contributed by atoms with Crippen molar-refractivity contribution in [2.75, 3.05) is 5.32 Å². The predicted octanol–water partition coefficient (Wildman–Crippen LogP) is 3.40. The van der Waals surface area contributed by atoms with Crippen molar-refractivity contribution in [1.29, 1.82) is 0 Å². The van der Waals surface area contributed by atoms with Gasteiger partial charge in [-0.15, -0.1) is 0 Å². The minimum absolute atomic E-state index is 0.0208. The fourth-order valence-corrected chi connectivity index (χ4v) is 3.45. The highest BCUT2D eigenvalue weighted by atomic mass is 16.2. The van der Waals surface area contributed by atoms with E-state index in [1.54, 1.807) is 6.20 Å². The van der Waals surface area contributed by atoms with Crippen molar-refractivity contribution in [3.63, 3.8) is 0 Å². The molecular weight excluding hydrogens is 290 g/mol. The Balaban J connectivity index is 1.66. The summed E-state index contributed by atoms with van der Waals surface area (Å²) in [6.07, 6.45) is 7.28. The van der Waals surface area contributed by atoms with Crippen LogP contribution in [0.5, 0.6) is 0 Å². The smallest absolute Gasteiger partial charge is 0.230 e. The third-order valence-corrected chi connectivity index (χ3v) is 4.88. The molecule has 5 nitrogen and oxygen atoms in total. The van der Waals surface area contributed by atoms with Crippen molar-refractivity contribution in [3.05, 3.63) is 17.5 Å². The van der Waals surface area contributed by atoms with E-state index in [1.165, 1.54) is 12.8 Å². The Morgan fingerprint density at radius 2 is 2.17 bits per heavy atom. The molecule has 2 atom stereocenters. The number of Topliss-reactive ketones (excluding diaryl/α,β-unsaturated/α-hetero) is 1. The Labute approximate surface area is 137 Å². The normalized spacial score (nSPS) is 24.9. The summed E-state index contributed by atoms with van der Waals surface area (Å²) < 4.78 is 0. The third kappa shape index (κ3) is 3.59. The van der Waals surface area contributed by atoms with Crippen LogP contribution in [0.4, 0.5) is 5.95 Å². The number of amides is 1. The van der Waals surface area contributed by atoms with Gasteiger partial charge < -0.3 is 0 Å². The number of hydrogen-bond acceptors (Lipinski definition) is 4. The van der Waals surface area contributed by atoms with Gasteiger partial charge in [0.25, 0.3) is 0 Å². The van der Waals surface area contributed by atoms with Gasteiger partial charge in [0.15, 0.2) is 5.78 Å². The van der Waals surface area contributed by atoms with Crippen LogP contribution in [0.2, 0.25) is 0 Å². The molecular formula is C18H25N3O2. The molecule has 2 aliphatic carbocycles. The van der Waals surface area contributed by atoms with Crippen molar-refractivity contribution in [2.24, 2.45) is 17.3 Å². The highest BCUT2D eigenvalue weighted by Gasteiger charge is 2.42. The molecule has 2 aliphatic rings. The first kappa shape index (κ1) is 16.1. The van der Waals surface area contributed by atoms with Crippen LogP contribution in [0.3, 0.4) is 0 Å². The van der Waals surface area contributed by atoms with E-state index in [0.717, 1.165) is 25.0 Å². The SMILES string of the molecule is CCCC[C@@H]1C[C@@H]1C(=O)Nc1ncc2c(n1)CC(C)(C)CC2=O. The molecule has 124 valence electrons. The van der Waals surface area contributed by atoms with E-state index < -0.39 is 0 Å². The molecule has 0 aromatic carbocycles. The molecule has 3 rings (SSSR count). The van der Waals surface area contributed by atoms with E-state index in [1.807, 2.05) is 0 Å². The molecule has 23 heavy (non-hydrogen) atoms. The second-order valence-electron chi connectivity index (χ2n) is 7.73. The van der Waals surface area contributed by atoms with Gasteiger partial charge in [-0.05, 0) is 30.6 Å². The number of fused-ring (bicyclic) bond motifs is 1. The molecule has 1 N–H and O–H groups in total. The average Bonchev–Trinajstić information content (AvgIpc) is 3.23. The molecule has 1 aromatic rings. The fourth-order valence-electron chi connectivity index (χ4n) is 3.45. The molecule has 0 bridgehead atoms. The van der Waals surface area contributed by atoms with E-state index in [9.17, 15) is 9.59 Å². The summed E-state index contributed by atoms with van der Waals surface area (Å²) in [5.41, 5.74) is 1.28. The number of rotatable bonds is 5. The van der Waals surface area contributed by atoms with Crippen molar-refractivity contribution in [3.8, 4) is 0 Å². The van der Waals surface area contributed by atoms with Crippen LogP contribution in [-0.4, -0.2) is 21.7 Å². The molecule has 1 heterocycles. The highest BCUT2D eigenvalue weighted by Crippen LogP contribution is 2.43. The maximum absolute atomic E-state index is 12.3. The number of carbonyl (C=O) groups excluding carboxylic acids is 2. The average molecular weight is 315 g/mol. The molecule has 0 radical (unpaired) electrons. The number of nitrogens with zero attached hydrogens (tertiary/aromatic N) is 2. The van der Waals surface area contributed by atoms with Crippen LogP contribution in [0, 0.1) is 17.3 Å². The molecule has 0 aliphatic heterocycles. The van der Waals surface area contributed by atoms with Crippen molar-refractivity contribution < 1.29 is 9.59 Å². The van der Waals surface area contributed by atoms with Gasteiger partial charge >= 0.3 is 0 Å². The second-order valence-corrected chi connectivity index (χ2v) is 7.73. The molecule has 5 heteroatoms. The molecule has 1 amide bonds. The second kappa shape index (κ2) is 6.02. The van der Waals surface area contributed by atoms with Gasteiger partial charge in [-0.2, -0.15) is 0 Å². The number of anilines is 1. The van der Waals surface area contributed by atoms with Crippen molar-refractivity contribution in [1.82, 2.24) is 9.97 Å². The first-order chi connectivity index (χ1) is 10.9. The number of carbonyl (C=O) groups is 2. The Kier molecular flexibility index (Phi) is 4.21. The summed E-state index contributed by atoms with van der Waals surface area (Å²) in [5, 5.41) is 2.83. The van der Waals surface area contributed by atoms with E-state index in [2.05, 4.69) is 36.1 Å². The van der Waals surface area contributed by atoms with Gasteiger partial charge in [-0.1, -0.05) is 33.6 Å². The molecule has 1 fully saturated rings. The zero-order chi connectivity index (χ0) is 16.6. The van der Waals surface area contributed by atoms with Gasteiger partial charge in [0, 0.05) is 18.5 Å². The Bertz CT molecular complexity index is 639. The monoisotopic (exact) mass is 315 g/mol. The molecule has 0 spiro atoms. The van der Waals surface area contributed by atoms with Crippen LogP contribution in [0.1, 0.15) is 68.9 Å². The van der Waals surface area contributed by atoms with Crippen LogP contribution >= 0.6 is 0 Å². The molecule has 0 unspecified atom stereocenters. The zero-order valence-electron chi connectivity index (χ0n) is 14.2. The van der Waals surface area contributed by atoms with E-state index in [0.29, 0.717) is 23.9 Å². The molecule has 0 saturated heterocycles. The topological polar surface area (TPSA) is 72.0 Å². The summed E-state index contributed by atoms with van der Waals surface area (Å²) in [6, 6.07) is 0. The minimum Gasteiger partial charge on any atom is -0.294 e. The maximum Gasteiger partial charge on any atom is 0.230 e. The number of unbranched alkanes of at least 4 members (excludes halogenated alkanes) is 1. The number of aromatic nitrogens is 2. The number of ketones is 1. The minimum atomic E-state index is -0.0819. The number of nitrogens with one attached hydrogen (secondary N) is 1. The summed E-state index contributed by atoms with van der Waals surface area (Å²) in [6.45, 7) is 6.30. The van der Waals surface area contributed by atoms with E-state index in [4.69, 9.17) is 0 Å². The van der Waals surface area contributed by atoms with Crippen molar-refractivity contribution >= 4 is 17.6 Å². The van der Waals surface area contributed by atoms with Gasteiger partial charge in [-0.25, -0.2) is 9.97 Å². The Hall–Kier alpha value is -1.78. The molecule has 1 saturated carbocycles. The summed E-state index contributed by atoms with van der Waals surface area (Å²) in [7, 11) is 0. The number of hydrogen-bond donors (Lipinski definition) is 1. The Morgan fingerprint density at radius 1 is 1.39 bits per heavy atom. The molecule has 1 aromatic heterocycles. The lowest BCUT2D eigenvalue weighted by molar-refractivity contribution is -0.117. The van der Waals surface area contributed by atoms with Gasteiger partial charge in [-0.3, -0.25) is 14.9 Å². The summed E-state index contributed by atoms with van der Waals surface area (Å²) in [5.74, 6) is 1.08. The lowest BCUT2D eigenvalue weighted by atomic mass is 9.76. The van der Waals surface area contributed by atoms with Gasteiger partial charge in [0.05, 0.1) is 11.3 Å². The first-order valence-corrected chi connectivity index (χ1v) is 8.59. The largest absolute Gasteiger partial charge is 0.294 e. The Morgan fingerprint density at radius 3 is 2.91 bits per heavy atom. The quantitative estimate of drug-likeness (QED) is 0.904. The van der Waals surface area contributed by atoms with Gasteiger partial charge in [0.2, 0.25) is 11.9 Å². The summed E-state index contributed by atoms with van der Waals surface area (Å²) >= 11 is 0. The fraction of sp³-hybridized carbons (Fsp3) is 0.667. The van der Waals surface area contributed by atoms with Crippen molar-refractivity contribution in [2.45, 2.75) is 59.3 Å². The van der Waals surface area contributed by atoms with Crippen LogP contribution in [0.15, 0.2) is 6.20 Å². The van der Waals surface area contributed by atoms with E-state index in [-0.39, 0.29) is 23.0 Å². The van der Waals surface area contributed by atoms with Crippen LogP contribution in [-0.2, 0) is 11.2 Å². The standard InChI is InChI=1S/C18H25N3O2/c1-4-5-6-11-7-12(11)16(23)21-17-19-10-13-14(20-17)8-18(2,3)9-15(13)22/h10-12H,4-9H2,1-3H3,(H,19,20,21,23)/t11-,12+/m1/s1. The lowest BCUT2D eigenvalue weighted by Crippen LogP contribution is -2.29. The predicted molar refractivity (Wildman–Crippen MR) is 88.2 cm³/mol. The van der Waals surface area contributed by atoms with Crippen LogP contribution < -0.4 is 5.32 Å². The lowest BCUT2D eigenvalue weighted by Gasteiger charge is -2.29. The summed E-state index contributed by atoms with van der Waals surface area (Å²) in [4.78, 5) is 33.0.